The summed E-state index contributed by atoms with van der Waals surface area (Å²) in [5, 5.41) is 3.66. The molecule has 2 aliphatic rings. The average molecular weight is 271 g/mol. The quantitative estimate of drug-likeness (QED) is 0.878. The van der Waals surface area contributed by atoms with Crippen molar-refractivity contribution in [2.24, 2.45) is 5.73 Å². The molecular formula is C15H17N3O2. The molecule has 1 amide bonds. The number of hydrogen-bond donors (Lipinski definition) is 2. The van der Waals surface area contributed by atoms with Gasteiger partial charge in [0.1, 0.15) is 5.52 Å². The molecule has 3 N–H and O–H groups in total. The highest BCUT2D eigenvalue weighted by molar-refractivity contribution is 6.03. The van der Waals surface area contributed by atoms with Crippen molar-refractivity contribution in [1.29, 1.82) is 0 Å². The maximum absolute atomic E-state index is 11.4. The van der Waals surface area contributed by atoms with Crippen LogP contribution in [0.4, 0.5) is 0 Å². The molecule has 104 valence electrons. The lowest BCUT2D eigenvalue weighted by molar-refractivity contribution is 0.100. The number of amides is 1. The Morgan fingerprint density at radius 3 is 2.90 bits per heavy atom. The number of hydrogen-bond acceptors (Lipinski definition) is 4. The van der Waals surface area contributed by atoms with Crippen LogP contribution in [0, 0.1) is 0 Å². The summed E-state index contributed by atoms with van der Waals surface area (Å²) in [5.74, 6) is 0.200. The zero-order valence-electron chi connectivity index (χ0n) is 11.2. The van der Waals surface area contributed by atoms with Crippen LogP contribution in [-0.2, 0) is 0 Å². The molecule has 2 heterocycles. The first-order chi connectivity index (χ1) is 9.67. The molecule has 1 saturated heterocycles. The number of nitrogens with one attached hydrogen (secondary N) is 1. The monoisotopic (exact) mass is 271 g/mol. The number of benzene rings is 1. The molecule has 5 nitrogen and oxygen atoms in total. The van der Waals surface area contributed by atoms with Gasteiger partial charge in [-0.3, -0.25) is 4.79 Å². The highest BCUT2D eigenvalue weighted by Crippen LogP contribution is 2.45. The number of aromatic nitrogens is 1. The van der Waals surface area contributed by atoms with Gasteiger partial charge in [0.2, 0.25) is 5.89 Å². The number of rotatable bonds is 2. The SMILES string of the molecule is NC(=O)c1cccc2nc(C3CCC4(CCC4)N3)oc12. The Kier molecular flexibility index (Phi) is 2.41. The van der Waals surface area contributed by atoms with Crippen molar-refractivity contribution in [3.8, 4) is 0 Å². The van der Waals surface area contributed by atoms with Gasteiger partial charge in [0.15, 0.2) is 5.58 Å². The van der Waals surface area contributed by atoms with Gasteiger partial charge in [0.25, 0.3) is 5.91 Å². The number of nitrogens with two attached hydrogens (primary N) is 1. The largest absolute Gasteiger partial charge is 0.438 e. The first-order valence-electron chi connectivity index (χ1n) is 7.14. The lowest BCUT2D eigenvalue weighted by Crippen LogP contribution is -2.46. The van der Waals surface area contributed by atoms with Crippen LogP contribution in [0.25, 0.3) is 11.1 Å². The number of fused-ring (bicyclic) bond motifs is 1. The fourth-order valence-corrected chi connectivity index (χ4v) is 3.43. The Morgan fingerprint density at radius 2 is 2.25 bits per heavy atom. The predicted octanol–water partition coefficient (Wildman–Crippen LogP) is 2.27. The molecule has 1 aliphatic carbocycles. The number of nitrogens with zero attached hydrogens (tertiary/aromatic N) is 1. The molecule has 1 atom stereocenters. The lowest BCUT2D eigenvalue weighted by Gasteiger charge is -2.39. The third kappa shape index (κ3) is 1.66. The van der Waals surface area contributed by atoms with Crippen molar-refractivity contribution in [2.75, 3.05) is 0 Å². The van der Waals surface area contributed by atoms with E-state index in [4.69, 9.17) is 10.2 Å². The highest BCUT2D eigenvalue weighted by atomic mass is 16.4. The van der Waals surface area contributed by atoms with Gasteiger partial charge in [-0.1, -0.05) is 6.07 Å². The number of primary amides is 1. The molecule has 4 rings (SSSR count). The van der Waals surface area contributed by atoms with E-state index in [1.165, 1.54) is 25.7 Å². The molecule has 1 saturated carbocycles. The summed E-state index contributed by atoms with van der Waals surface area (Å²) < 4.78 is 5.83. The van der Waals surface area contributed by atoms with Crippen LogP contribution in [0.3, 0.4) is 0 Å². The van der Waals surface area contributed by atoms with Crippen LogP contribution in [0.5, 0.6) is 0 Å². The molecule has 1 aromatic carbocycles. The Balaban J connectivity index is 1.71. The van der Waals surface area contributed by atoms with E-state index in [1.807, 2.05) is 6.07 Å². The Hall–Kier alpha value is -1.88. The van der Waals surface area contributed by atoms with Crippen molar-refractivity contribution < 1.29 is 9.21 Å². The smallest absolute Gasteiger partial charge is 0.252 e. The Morgan fingerprint density at radius 1 is 1.40 bits per heavy atom. The highest BCUT2D eigenvalue weighted by Gasteiger charge is 2.44. The minimum Gasteiger partial charge on any atom is -0.438 e. The van der Waals surface area contributed by atoms with E-state index in [0.717, 1.165) is 6.42 Å². The van der Waals surface area contributed by atoms with E-state index in [-0.39, 0.29) is 6.04 Å². The first-order valence-corrected chi connectivity index (χ1v) is 7.14. The van der Waals surface area contributed by atoms with Gasteiger partial charge in [0, 0.05) is 5.54 Å². The van der Waals surface area contributed by atoms with Crippen LogP contribution in [-0.4, -0.2) is 16.4 Å². The summed E-state index contributed by atoms with van der Waals surface area (Å²) >= 11 is 0. The number of oxazole rings is 1. The summed E-state index contributed by atoms with van der Waals surface area (Å²) in [6.45, 7) is 0. The van der Waals surface area contributed by atoms with Crippen molar-refractivity contribution in [2.45, 2.75) is 43.7 Å². The molecule has 2 fully saturated rings. The molecule has 0 bridgehead atoms. The second kappa shape index (κ2) is 4.06. The van der Waals surface area contributed by atoms with Crippen LogP contribution >= 0.6 is 0 Å². The van der Waals surface area contributed by atoms with E-state index < -0.39 is 5.91 Å². The van der Waals surface area contributed by atoms with E-state index in [9.17, 15) is 4.79 Å². The summed E-state index contributed by atoms with van der Waals surface area (Å²) in [4.78, 5) is 15.9. The van der Waals surface area contributed by atoms with E-state index in [1.54, 1.807) is 12.1 Å². The fourth-order valence-electron chi connectivity index (χ4n) is 3.43. The van der Waals surface area contributed by atoms with Crippen LogP contribution < -0.4 is 11.1 Å². The van der Waals surface area contributed by atoms with Gasteiger partial charge >= 0.3 is 0 Å². The second-order valence-electron chi connectivity index (χ2n) is 5.94. The minimum absolute atomic E-state index is 0.156. The molecular weight excluding hydrogens is 254 g/mol. The van der Waals surface area contributed by atoms with Gasteiger partial charge in [0.05, 0.1) is 11.6 Å². The zero-order valence-corrected chi connectivity index (χ0v) is 11.2. The summed E-state index contributed by atoms with van der Waals surface area (Å²) in [7, 11) is 0. The number of carbonyl (C=O) groups excluding carboxylic acids is 1. The molecule has 1 aliphatic heterocycles. The number of para-hydroxylation sites is 1. The second-order valence-corrected chi connectivity index (χ2v) is 5.94. The maximum atomic E-state index is 11.4. The zero-order chi connectivity index (χ0) is 13.7. The van der Waals surface area contributed by atoms with Crippen molar-refractivity contribution in [1.82, 2.24) is 10.3 Å². The fraction of sp³-hybridized carbons (Fsp3) is 0.467. The third-order valence-electron chi connectivity index (χ3n) is 4.70. The lowest BCUT2D eigenvalue weighted by atomic mass is 9.76. The van der Waals surface area contributed by atoms with Gasteiger partial charge in [-0.05, 0) is 44.2 Å². The molecule has 1 aromatic heterocycles. The molecule has 0 radical (unpaired) electrons. The first kappa shape index (κ1) is 11.9. The number of carbonyl (C=O) groups is 1. The van der Waals surface area contributed by atoms with Crippen molar-refractivity contribution >= 4 is 17.0 Å². The van der Waals surface area contributed by atoms with Gasteiger partial charge in [-0.15, -0.1) is 0 Å². The average Bonchev–Trinajstić information content (AvgIpc) is 3.01. The van der Waals surface area contributed by atoms with Crippen molar-refractivity contribution in [3.63, 3.8) is 0 Å². The Bertz CT molecular complexity index is 687. The van der Waals surface area contributed by atoms with Crippen molar-refractivity contribution in [3.05, 3.63) is 29.7 Å². The summed E-state index contributed by atoms with van der Waals surface area (Å²) in [6, 6.07) is 5.46. The van der Waals surface area contributed by atoms with Crippen LogP contribution in [0.1, 0.15) is 54.4 Å². The normalized spacial score (nSPS) is 24.1. The minimum atomic E-state index is -0.479. The maximum Gasteiger partial charge on any atom is 0.252 e. The van der Waals surface area contributed by atoms with Gasteiger partial charge < -0.3 is 15.5 Å². The van der Waals surface area contributed by atoms with E-state index in [2.05, 4.69) is 10.3 Å². The van der Waals surface area contributed by atoms with Gasteiger partial charge in [-0.25, -0.2) is 4.98 Å². The molecule has 5 heteroatoms. The molecule has 2 aromatic rings. The molecule has 1 spiro atoms. The Labute approximate surface area is 116 Å². The van der Waals surface area contributed by atoms with Crippen LogP contribution in [0.2, 0.25) is 0 Å². The summed E-state index contributed by atoms with van der Waals surface area (Å²) in [5.41, 5.74) is 7.30. The molecule has 20 heavy (non-hydrogen) atoms. The third-order valence-corrected chi connectivity index (χ3v) is 4.70. The van der Waals surface area contributed by atoms with Gasteiger partial charge in [-0.2, -0.15) is 0 Å². The molecule has 1 unspecified atom stereocenters. The standard InChI is InChI=1S/C15H17N3O2/c16-13(19)9-3-1-4-10-12(9)20-14(17-10)11-5-8-15(18-11)6-2-7-15/h1,3-4,11,18H,2,5-8H2,(H2,16,19). The topological polar surface area (TPSA) is 81.2 Å². The van der Waals surface area contributed by atoms with Crippen LogP contribution in [0.15, 0.2) is 22.6 Å². The van der Waals surface area contributed by atoms with E-state index >= 15 is 0 Å². The predicted molar refractivity (Wildman–Crippen MR) is 74.2 cm³/mol. The van der Waals surface area contributed by atoms with E-state index in [0.29, 0.717) is 28.1 Å². The summed E-state index contributed by atoms with van der Waals surface area (Å²) in [6.07, 6.45) is 6.02.